The monoisotopic (exact) mass is 338 g/mol. The van der Waals surface area contributed by atoms with Crippen LogP contribution in [0.5, 0.6) is 0 Å². The highest BCUT2D eigenvalue weighted by Gasteiger charge is 2.46. The fourth-order valence-electron chi connectivity index (χ4n) is 3.17. The third-order valence-corrected chi connectivity index (χ3v) is 4.41. The van der Waals surface area contributed by atoms with Gasteiger partial charge >= 0.3 is 5.56 Å². The van der Waals surface area contributed by atoms with Gasteiger partial charge in [-0.15, -0.1) is 0 Å². The van der Waals surface area contributed by atoms with E-state index in [2.05, 4.69) is 9.97 Å². The van der Waals surface area contributed by atoms with Gasteiger partial charge in [0.25, 0.3) is 11.2 Å². The number of hydrogen-bond acceptors (Lipinski definition) is 6. The number of aliphatic hydroxyl groups is 1. The van der Waals surface area contributed by atoms with Crippen LogP contribution in [0.2, 0.25) is 0 Å². The summed E-state index contributed by atoms with van der Waals surface area (Å²) in [6.07, 6.45) is 1.01. The van der Waals surface area contributed by atoms with Gasteiger partial charge in [0.05, 0.1) is 19.8 Å². The van der Waals surface area contributed by atoms with Crippen LogP contribution in [0.25, 0.3) is 11.2 Å². The van der Waals surface area contributed by atoms with Crippen LogP contribution < -0.4 is 15.9 Å². The van der Waals surface area contributed by atoms with Gasteiger partial charge in [0.1, 0.15) is 6.10 Å². The number of aliphatic hydroxyl groups excluding tert-OH is 1. The SMILES string of the molecule is CCCOC[C@H]1[C@@H](O)[C@H](n2c[n+](C)c3c(=O)[nH]c(N)nc32)O[C@@H]1C. The molecule has 2 aromatic rings. The van der Waals surface area contributed by atoms with Crippen LogP contribution in [0.1, 0.15) is 26.5 Å². The van der Waals surface area contributed by atoms with Crippen LogP contribution in [0.15, 0.2) is 11.1 Å². The van der Waals surface area contributed by atoms with Crippen molar-refractivity contribution in [3.63, 3.8) is 0 Å². The van der Waals surface area contributed by atoms with E-state index < -0.39 is 12.3 Å². The molecule has 4 atom stereocenters. The largest absolute Gasteiger partial charge is 0.386 e. The molecule has 0 radical (unpaired) electrons. The number of aryl methyl sites for hydroxylation is 1. The topological polar surface area (TPSA) is 119 Å². The van der Waals surface area contributed by atoms with Gasteiger partial charge < -0.3 is 20.3 Å². The average molecular weight is 338 g/mol. The highest BCUT2D eigenvalue weighted by molar-refractivity contribution is 5.66. The molecule has 2 aromatic heterocycles. The number of imidazole rings is 1. The van der Waals surface area contributed by atoms with Gasteiger partial charge in [0.15, 0.2) is 0 Å². The molecule has 9 heteroatoms. The van der Waals surface area contributed by atoms with Crippen LogP contribution in [0.3, 0.4) is 0 Å². The summed E-state index contributed by atoms with van der Waals surface area (Å²) in [6, 6.07) is 0. The molecule has 0 unspecified atom stereocenters. The number of anilines is 1. The Kier molecular flexibility index (Phi) is 4.57. The number of nitrogen functional groups attached to an aromatic ring is 1. The fraction of sp³-hybridized carbons (Fsp3) is 0.667. The minimum absolute atomic E-state index is 0.0239. The summed E-state index contributed by atoms with van der Waals surface area (Å²) < 4.78 is 14.8. The summed E-state index contributed by atoms with van der Waals surface area (Å²) in [5, 5.41) is 10.7. The predicted octanol–water partition coefficient (Wildman–Crippen LogP) is -0.548. The van der Waals surface area contributed by atoms with E-state index in [-0.39, 0.29) is 23.5 Å². The molecule has 0 amide bonds. The lowest BCUT2D eigenvalue weighted by atomic mass is 10.00. The minimum Gasteiger partial charge on any atom is -0.386 e. The second-order valence-electron chi connectivity index (χ2n) is 6.22. The maximum absolute atomic E-state index is 12.1. The van der Waals surface area contributed by atoms with Crippen molar-refractivity contribution >= 4 is 17.1 Å². The summed E-state index contributed by atoms with van der Waals surface area (Å²) in [4.78, 5) is 18.8. The molecular formula is C15H24N5O4+. The molecule has 0 spiro atoms. The van der Waals surface area contributed by atoms with Crippen molar-refractivity contribution in [2.45, 2.75) is 38.7 Å². The molecule has 0 aromatic carbocycles. The number of H-pyrrole nitrogens is 1. The summed E-state index contributed by atoms with van der Waals surface area (Å²) in [5.74, 6) is -0.125. The van der Waals surface area contributed by atoms with E-state index in [1.54, 1.807) is 22.5 Å². The number of nitrogens with two attached hydrogens (primary N) is 1. The van der Waals surface area contributed by atoms with Gasteiger partial charge in [-0.05, 0) is 13.3 Å². The lowest BCUT2D eigenvalue weighted by Gasteiger charge is -2.16. The molecule has 1 aliphatic heterocycles. The second kappa shape index (κ2) is 6.50. The first-order valence-electron chi connectivity index (χ1n) is 8.11. The first-order valence-corrected chi connectivity index (χ1v) is 8.11. The predicted molar refractivity (Wildman–Crippen MR) is 86.1 cm³/mol. The van der Waals surface area contributed by atoms with Crippen molar-refractivity contribution in [1.29, 1.82) is 0 Å². The Morgan fingerprint density at radius 3 is 3.04 bits per heavy atom. The molecule has 24 heavy (non-hydrogen) atoms. The molecule has 4 N–H and O–H groups in total. The van der Waals surface area contributed by atoms with Crippen molar-refractivity contribution in [2.75, 3.05) is 18.9 Å². The Balaban J connectivity index is 1.95. The van der Waals surface area contributed by atoms with Crippen LogP contribution in [0.4, 0.5) is 5.95 Å². The van der Waals surface area contributed by atoms with E-state index in [1.807, 2.05) is 13.8 Å². The van der Waals surface area contributed by atoms with Crippen molar-refractivity contribution in [3.05, 3.63) is 16.7 Å². The summed E-state index contributed by atoms with van der Waals surface area (Å²) >= 11 is 0. The highest BCUT2D eigenvalue weighted by atomic mass is 16.5. The molecule has 1 saturated heterocycles. The smallest absolute Gasteiger partial charge is 0.304 e. The van der Waals surface area contributed by atoms with E-state index >= 15 is 0 Å². The Labute approximate surface area is 139 Å². The Hall–Kier alpha value is -1.97. The van der Waals surface area contributed by atoms with Crippen molar-refractivity contribution < 1.29 is 19.1 Å². The average Bonchev–Trinajstić information content (AvgIpc) is 2.98. The first-order chi connectivity index (χ1) is 11.4. The molecule has 3 rings (SSSR count). The number of rotatable bonds is 5. The lowest BCUT2D eigenvalue weighted by Crippen LogP contribution is -2.32. The number of aromatic amines is 1. The molecule has 0 aliphatic carbocycles. The van der Waals surface area contributed by atoms with Crippen LogP contribution in [-0.4, -0.2) is 45.1 Å². The zero-order valence-electron chi connectivity index (χ0n) is 14.1. The molecule has 1 aliphatic rings. The minimum atomic E-state index is -0.769. The van der Waals surface area contributed by atoms with Crippen LogP contribution in [-0.2, 0) is 16.5 Å². The lowest BCUT2D eigenvalue weighted by molar-refractivity contribution is -0.646. The molecule has 3 heterocycles. The van der Waals surface area contributed by atoms with Crippen LogP contribution in [0, 0.1) is 5.92 Å². The third kappa shape index (κ3) is 2.79. The van der Waals surface area contributed by atoms with Crippen molar-refractivity contribution in [3.8, 4) is 0 Å². The second-order valence-corrected chi connectivity index (χ2v) is 6.22. The highest BCUT2D eigenvalue weighted by Crippen LogP contribution is 2.35. The Morgan fingerprint density at radius 1 is 1.58 bits per heavy atom. The quantitative estimate of drug-likeness (QED) is 0.497. The zero-order chi connectivity index (χ0) is 17.4. The van der Waals surface area contributed by atoms with Gasteiger partial charge in [-0.25, -0.2) is 4.57 Å². The molecular weight excluding hydrogens is 314 g/mol. The van der Waals surface area contributed by atoms with Crippen molar-refractivity contribution in [1.82, 2.24) is 14.5 Å². The number of nitrogens with zero attached hydrogens (tertiary/aromatic N) is 3. The molecule has 9 nitrogen and oxygen atoms in total. The third-order valence-electron chi connectivity index (χ3n) is 4.41. The van der Waals surface area contributed by atoms with Gasteiger partial charge in [-0.1, -0.05) is 6.92 Å². The standard InChI is InChI=1S/C15H23N5O4/c1-4-5-23-6-9-8(2)24-14(11(9)21)20-7-19(3)10-12(20)17-15(16)18-13(10)22/h7-9,11,14,21H,4-6H2,1-3H3,(H2-,16,17,18,22)/p+1/t8-,9-,11-,14-/m1/s1. The fourth-order valence-corrected chi connectivity index (χ4v) is 3.17. The van der Waals surface area contributed by atoms with Crippen molar-refractivity contribution in [2.24, 2.45) is 13.0 Å². The first kappa shape index (κ1) is 16.9. The molecule has 132 valence electrons. The van der Waals surface area contributed by atoms with Crippen LogP contribution >= 0.6 is 0 Å². The Bertz CT molecular complexity index is 786. The van der Waals surface area contributed by atoms with E-state index in [9.17, 15) is 9.90 Å². The number of nitrogens with one attached hydrogen (secondary N) is 1. The number of fused-ring (bicyclic) bond motifs is 1. The maximum Gasteiger partial charge on any atom is 0.304 e. The number of aromatic nitrogens is 4. The summed E-state index contributed by atoms with van der Waals surface area (Å²) in [7, 11) is 1.73. The summed E-state index contributed by atoms with van der Waals surface area (Å²) in [6.45, 7) is 5.01. The Morgan fingerprint density at radius 2 is 2.33 bits per heavy atom. The molecule has 0 bridgehead atoms. The number of hydrogen-bond donors (Lipinski definition) is 3. The van der Waals surface area contributed by atoms with Gasteiger partial charge in [0.2, 0.25) is 18.5 Å². The maximum atomic E-state index is 12.1. The van der Waals surface area contributed by atoms with Gasteiger partial charge in [-0.3, -0.25) is 9.78 Å². The van der Waals surface area contributed by atoms with Gasteiger partial charge in [0, 0.05) is 12.5 Å². The van der Waals surface area contributed by atoms with E-state index in [1.165, 1.54) is 0 Å². The van der Waals surface area contributed by atoms with E-state index in [4.69, 9.17) is 15.2 Å². The number of ether oxygens (including phenoxy) is 2. The molecule has 0 saturated carbocycles. The molecule has 1 fully saturated rings. The normalized spacial score (nSPS) is 27.2. The summed E-state index contributed by atoms with van der Waals surface area (Å²) in [5.41, 5.74) is 6.08. The van der Waals surface area contributed by atoms with Gasteiger partial charge in [-0.2, -0.15) is 9.55 Å². The van der Waals surface area contributed by atoms with E-state index in [0.717, 1.165) is 6.42 Å². The van der Waals surface area contributed by atoms with E-state index in [0.29, 0.717) is 24.4 Å². The zero-order valence-corrected chi connectivity index (χ0v) is 14.1.